The van der Waals surface area contributed by atoms with Crippen molar-refractivity contribution < 1.29 is 24.2 Å². The third-order valence-corrected chi connectivity index (χ3v) is 5.21. The Bertz CT molecular complexity index is 709. The molecule has 2 rings (SSSR count). The van der Waals surface area contributed by atoms with Crippen LogP contribution in [0.3, 0.4) is 0 Å². The van der Waals surface area contributed by atoms with E-state index in [1.807, 2.05) is 52.0 Å². The van der Waals surface area contributed by atoms with E-state index in [1.165, 1.54) is 4.90 Å². The van der Waals surface area contributed by atoms with Crippen LogP contribution in [-0.4, -0.2) is 46.9 Å². The maximum Gasteiger partial charge on any atom is 0.411 e. The van der Waals surface area contributed by atoms with Gasteiger partial charge in [0.05, 0.1) is 24.9 Å². The van der Waals surface area contributed by atoms with E-state index in [9.17, 15) is 14.7 Å². The lowest BCUT2D eigenvalue weighted by molar-refractivity contribution is -0.151. The first kappa shape index (κ1) is 22.2. The number of aryl methyl sites for hydroxylation is 1. The van der Waals surface area contributed by atoms with Crippen LogP contribution in [0.2, 0.25) is 0 Å². The molecule has 6 nitrogen and oxygen atoms in total. The molecule has 1 heterocycles. The van der Waals surface area contributed by atoms with Crippen molar-refractivity contribution in [2.75, 3.05) is 6.61 Å². The molecule has 0 spiro atoms. The predicted molar refractivity (Wildman–Crippen MR) is 107 cm³/mol. The van der Waals surface area contributed by atoms with E-state index in [0.29, 0.717) is 0 Å². The number of likely N-dealkylation sites (tertiary alicyclic amines) is 1. The van der Waals surface area contributed by atoms with Crippen LogP contribution in [0.1, 0.15) is 58.7 Å². The third-order valence-electron chi connectivity index (χ3n) is 5.21. The predicted octanol–water partition coefficient (Wildman–Crippen LogP) is 3.85. The number of carbonyl (C=O) groups excluding carboxylic acids is 2. The summed E-state index contributed by atoms with van der Waals surface area (Å²) in [5.41, 5.74) is 1.30. The van der Waals surface area contributed by atoms with Crippen molar-refractivity contribution in [3.63, 3.8) is 0 Å². The van der Waals surface area contributed by atoms with Gasteiger partial charge in [-0.3, -0.25) is 4.90 Å². The van der Waals surface area contributed by atoms with Crippen LogP contribution >= 0.6 is 0 Å². The number of amides is 1. The first-order valence-corrected chi connectivity index (χ1v) is 9.89. The minimum absolute atomic E-state index is 0.199. The number of hydrogen-bond acceptors (Lipinski definition) is 5. The van der Waals surface area contributed by atoms with E-state index >= 15 is 0 Å². The second-order valence-electron chi connectivity index (χ2n) is 8.72. The fraction of sp³-hybridized carbons (Fsp3) is 0.636. The standard InChI is InChI=1S/C22H33NO5/c1-8-27-20(25)18-16(22(5,6)7)19(24)17(15-12-10-9-11-14(15)4)23(18)21(26)28-13(2)3/h9-13,16-19,24H,8H2,1-7H3/t16-,17+,18+,19+/m1/s1. The molecule has 6 heteroatoms. The molecule has 1 saturated heterocycles. The summed E-state index contributed by atoms with van der Waals surface area (Å²) in [5.74, 6) is -1.02. The Labute approximate surface area is 167 Å². The molecule has 0 saturated carbocycles. The molecule has 1 aromatic rings. The van der Waals surface area contributed by atoms with Gasteiger partial charge in [-0.2, -0.15) is 0 Å². The van der Waals surface area contributed by atoms with Crippen molar-refractivity contribution in [1.29, 1.82) is 0 Å². The van der Waals surface area contributed by atoms with Crippen molar-refractivity contribution in [1.82, 2.24) is 4.90 Å². The molecule has 1 N–H and O–H groups in total. The number of esters is 1. The van der Waals surface area contributed by atoms with Gasteiger partial charge in [-0.1, -0.05) is 45.0 Å². The highest BCUT2D eigenvalue weighted by Crippen LogP contribution is 2.49. The molecule has 0 bridgehead atoms. The number of benzene rings is 1. The zero-order chi connectivity index (χ0) is 21.2. The Morgan fingerprint density at radius 2 is 1.82 bits per heavy atom. The van der Waals surface area contributed by atoms with Gasteiger partial charge in [0.2, 0.25) is 0 Å². The average molecular weight is 392 g/mol. The smallest absolute Gasteiger partial charge is 0.411 e. The van der Waals surface area contributed by atoms with Gasteiger partial charge in [0.1, 0.15) is 6.04 Å². The topological polar surface area (TPSA) is 76.1 Å². The highest BCUT2D eigenvalue weighted by atomic mass is 16.6. The SMILES string of the molecule is CCOC(=O)[C@@H]1[C@@H](C(C)(C)C)[C@H](O)[C@H](c2ccccc2C)N1C(=O)OC(C)C. The molecule has 4 atom stereocenters. The quantitative estimate of drug-likeness (QED) is 0.789. The second kappa shape index (κ2) is 8.52. The van der Waals surface area contributed by atoms with E-state index in [1.54, 1.807) is 20.8 Å². The minimum Gasteiger partial charge on any atom is -0.464 e. The lowest BCUT2D eigenvalue weighted by Crippen LogP contribution is -2.48. The molecule has 156 valence electrons. The monoisotopic (exact) mass is 391 g/mol. The van der Waals surface area contributed by atoms with Crippen LogP contribution in [0, 0.1) is 18.3 Å². The lowest BCUT2D eigenvalue weighted by atomic mass is 9.73. The summed E-state index contributed by atoms with van der Waals surface area (Å²) >= 11 is 0. The molecule has 0 aliphatic carbocycles. The second-order valence-corrected chi connectivity index (χ2v) is 8.72. The molecular formula is C22H33NO5. The van der Waals surface area contributed by atoms with E-state index in [4.69, 9.17) is 9.47 Å². The van der Waals surface area contributed by atoms with Crippen molar-refractivity contribution in [2.45, 2.75) is 72.8 Å². The first-order valence-electron chi connectivity index (χ1n) is 9.89. The van der Waals surface area contributed by atoms with Crippen LogP contribution in [0.15, 0.2) is 24.3 Å². The number of aliphatic hydroxyl groups excluding tert-OH is 1. The fourth-order valence-corrected chi connectivity index (χ4v) is 4.11. The lowest BCUT2D eigenvalue weighted by Gasteiger charge is -2.34. The summed E-state index contributed by atoms with van der Waals surface area (Å²) in [4.78, 5) is 27.4. The molecule has 0 radical (unpaired) electrons. The largest absolute Gasteiger partial charge is 0.464 e. The zero-order valence-corrected chi connectivity index (χ0v) is 17.9. The fourth-order valence-electron chi connectivity index (χ4n) is 4.11. The number of hydrogen-bond donors (Lipinski definition) is 1. The normalized spacial score (nSPS) is 25.1. The van der Waals surface area contributed by atoms with Crippen LogP contribution < -0.4 is 0 Å². The molecule has 1 aliphatic rings. The summed E-state index contributed by atoms with van der Waals surface area (Å²) in [6, 6.07) is 5.97. The Hall–Kier alpha value is -2.08. The van der Waals surface area contributed by atoms with Gasteiger partial charge in [-0.15, -0.1) is 0 Å². The third kappa shape index (κ3) is 4.32. The number of aliphatic hydroxyl groups is 1. The van der Waals surface area contributed by atoms with Crippen molar-refractivity contribution in [3.8, 4) is 0 Å². The Kier molecular flexibility index (Phi) is 6.75. The molecule has 28 heavy (non-hydrogen) atoms. The number of nitrogens with zero attached hydrogens (tertiary/aromatic N) is 1. The summed E-state index contributed by atoms with van der Waals surface area (Å²) in [7, 11) is 0. The molecule has 1 amide bonds. The zero-order valence-electron chi connectivity index (χ0n) is 17.9. The highest BCUT2D eigenvalue weighted by molar-refractivity contribution is 5.83. The minimum atomic E-state index is -0.935. The number of carbonyl (C=O) groups is 2. The summed E-state index contributed by atoms with van der Waals surface area (Å²) < 4.78 is 10.8. The number of rotatable bonds is 4. The van der Waals surface area contributed by atoms with E-state index in [-0.39, 0.29) is 12.7 Å². The van der Waals surface area contributed by atoms with Crippen LogP contribution in [0.25, 0.3) is 0 Å². The van der Waals surface area contributed by atoms with E-state index < -0.39 is 41.6 Å². The number of ether oxygens (including phenoxy) is 2. The molecular weight excluding hydrogens is 358 g/mol. The van der Waals surface area contributed by atoms with Gasteiger partial charge in [-0.05, 0) is 44.2 Å². The molecule has 1 fully saturated rings. The van der Waals surface area contributed by atoms with Crippen LogP contribution in [0.5, 0.6) is 0 Å². The molecule has 0 aromatic heterocycles. The van der Waals surface area contributed by atoms with Crippen LogP contribution in [0.4, 0.5) is 4.79 Å². The van der Waals surface area contributed by atoms with Crippen molar-refractivity contribution >= 4 is 12.1 Å². The molecule has 0 unspecified atom stereocenters. The maximum atomic E-state index is 13.1. The van der Waals surface area contributed by atoms with Gasteiger partial charge in [0, 0.05) is 5.92 Å². The van der Waals surface area contributed by atoms with Gasteiger partial charge < -0.3 is 14.6 Å². The summed E-state index contributed by atoms with van der Waals surface area (Å²) in [5, 5.41) is 11.3. The van der Waals surface area contributed by atoms with Gasteiger partial charge >= 0.3 is 12.1 Å². The van der Waals surface area contributed by atoms with Gasteiger partial charge in [0.25, 0.3) is 0 Å². The molecule has 1 aromatic carbocycles. The summed E-state index contributed by atoms with van der Waals surface area (Å²) in [6.45, 7) is 13.2. The van der Waals surface area contributed by atoms with E-state index in [2.05, 4.69) is 0 Å². The highest BCUT2D eigenvalue weighted by Gasteiger charge is 2.59. The van der Waals surface area contributed by atoms with Crippen molar-refractivity contribution in [3.05, 3.63) is 35.4 Å². The van der Waals surface area contributed by atoms with Gasteiger partial charge in [0.15, 0.2) is 0 Å². The average Bonchev–Trinajstić information content (AvgIpc) is 2.88. The Morgan fingerprint density at radius 3 is 2.32 bits per heavy atom. The summed E-state index contributed by atoms with van der Waals surface area (Å²) in [6.07, 6.45) is -1.90. The Morgan fingerprint density at radius 1 is 1.21 bits per heavy atom. The molecule has 1 aliphatic heterocycles. The van der Waals surface area contributed by atoms with Crippen LogP contribution in [-0.2, 0) is 14.3 Å². The first-order chi connectivity index (χ1) is 13.0. The maximum absolute atomic E-state index is 13.1. The Balaban J connectivity index is 2.65. The van der Waals surface area contributed by atoms with Crippen molar-refractivity contribution in [2.24, 2.45) is 11.3 Å². The van der Waals surface area contributed by atoms with Gasteiger partial charge in [-0.25, -0.2) is 9.59 Å². The van der Waals surface area contributed by atoms with E-state index in [0.717, 1.165) is 11.1 Å².